The number of rotatable bonds is 4. The van der Waals surface area contributed by atoms with Crippen LogP contribution >= 0.6 is 27.3 Å². The third-order valence-corrected chi connectivity index (χ3v) is 5.45. The van der Waals surface area contributed by atoms with Crippen molar-refractivity contribution in [3.63, 3.8) is 0 Å². The molecule has 24 heavy (non-hydrogen) atoms. The minimum atomic E-state index is -0.578. The van der Waals surface area contributed by atoms with Crippen molar-refractivity contribution in [2.45, 2.75) is 25.7 Å². The Kier molecular flexibility index (Phi) is 5.30. The molecule has 1 amide bonds. The zero-order valence-corrected chi connectivity index (χ0v) is 15.1. The maximum absolute atomic E-state index is 13.7. The molecule has 3 rings (SSSR count). The number of aryl methyl sites for hydroxylation is 2. The van der Waals surface area contributed by atoms with E-state index in [1.54, 1.807) is 6.07 Å². The Labute approximate surface area is 151 Å². The van der Waals surface area contributed by atoms with Crippen LogP contribution in [0.5, 0.6) is 0 Å². The summed E-state index contributed by atoms with van der Waals surface area (Å²) < 4.78 is 19.3. The third-order valence-electron chi connectivity index (χ3n) is 3.74. The predicted molar refractivity (Wildman–Crippen MR) is 94.0 cm³/mol. The first kappa shape index (κ1) is 17.1. The fraction of sp³-hybridized carbons (Fsp3) is 0.294. The molecular formula is C17H15BrFNO3S. The topological polar surface area (TPSA) is 55.4 Å². The van der Waals surface area contributed by atoms with Crippen LogP contribution in [0.4, 0.5) is 10.1 Å². The van der Waals surface area contributed by atoms with Crippen LogP contribution in [0.1, 0.15) is 33.0 Å². The number of nitrogens with one attached hydrogen (secondary N) is 1. The number of carbonyl (C=O) groups is 2. The van der Waals surface area contributed by atoms with Crippen LogP contribution in [0.15, 0.2) is 28.7 Å². The van der Waals surface area contributed by atoms with Crippen LogP contribution in [0.2, 0.25) is 0 Å². The van der Waals surface area contributed by atoms with Crippen molar-refractivity contribution in [1.29, 1.82) is 0 Å². The normalized spacial score (nSPS) is 13.2. The second kappa shape index (κ2) is 7.44. The number of ether oxygens (including phenoxy) is 1. The second-order valence-electron chi connectivity index (χ2n) is 5.51. The van der Waals surface area contributed by atoms with Gasteiger partial charge in [0.25, 0.3) is 5.91 Å². The van der Waals surface area contributed by atoms with Gasteiger partial charge in [-0.2, -0.15) is 0 Å². The molecule has 0 fully saturated rings. The number of esters is 1. The Balaban J connectivity index is 1.55. The van der Waals surface area contributed by atoms with E-state index in [9.17, 15) is 14.0 Å². The van der Waals surface area contributed by atoms with Gasteiger partial charge in [0.15, 0.2) is 6.61 Å². The first-order chi connectivity index (χ1) is 11.5. The zero-order chi connectivity index (χ0) is 17.1. The standard InChI is InChI=1S/C17H15BrFNO3S/c18-11-5-6-13(12(19)8-11)20-16(21)9-23-17(22)15-7-10-3-1-2-4-14(10)24-15/h5-8H,1-4,9H2,(H,20,21). The van der Waals surface area contributed by atoms with Crippen molar-refractivity contribution in [3.8, 4) is 0 Å². The van der Waals surface area contributed by atoms with Gasteiger partial charge in [0, 0.05) is 9.35 Å². The van der Waals surface area contributed by atoms with Crippen LogP contribution in [0.25, 0.3) is 0 Å². The van der Waals surface area contributed by atoms with Crippen LogP contribution in [0, 0.1) is 5.82 Å². The Bertz CT molecular complexity index is 767. The number of hydrogen-bond donors (Lipinski definition) is 1. The lowest BCUT2D eigenvalue weighted by molar-refractivity contribution is -0.119. The van der Waals surface area contributed by atoms with Crippen LogP contribution in [-0.2, 0) is 22.4 Å². The average molecular weight is 412 g/mol. The summed E-state index contributed by atoms with van der Waals surface area (Å²) in [6, 6.07) is 6.15. The van der Waals surface area contributed by atoms with Crippen molar-refractivity contribution in [1.82, 2.24) is 0 Å². The highest BCUT2D eigenvalue weighted by atomic mass is 79.9. The molecule has 4 nitrogen and oxygen atoms in total. The molecule has 1 heterocycles. The molecule has 0 bridgehead atoms. The first-order valence-electron chi connectivity index (χ1n) is 7.56. The van der Waals surface area contributed by atoms with Crippen molar-refractivity contribution in [3.05, 3.63) is 49.9 Å². The Morgan fingerprint density at radius 3 is 2.79 bits per heavy atom. The van der Waals surface area contributed by atoms with E-state index in [-0.39, 0.29) is 5.69 Å². The maximum Gasteiger partial charge on any atom is 0.348 e. The molecule has 0 spiro atoms. The Hall–Kier alpha value is -1.73. The number of amides is 1. The molecule has 2 aromatic rings. The van der Waals surface area contributed by atoms with E-state index >= 15 is 0 Å². The molecule has 1 aromatic heterocycles. The van der Waals surface area contributed by atoms with Crippen LogP contribution in [0.3, 0.4) is 0 Å². The van der Waals surface area contributed by atoms with E-state index in [4.69, 9.17) is 4.74 Å². The van der Waals surface area contributed by atoms with E-state index in [0.29, 0.717) is 9.35 Å². The van der Waals surface area contributed by atoms with Gasteiger partial charge in [-0.15, -0.1) is 11.3 Å². The Morgan fingerprint density at radius 1 is 1.25 bits per heavy atom. The lowest BCUT2D eigenvalue weighted by atomic mass is 9.99. The van der Waals surface area contributed by atoms with E-state index in [1.165, 1.54) is 33.9 Å². The van der Waals surface area contributed by atoms with Crippen molar-refractivity contribution in [2.24, 2.45) is 0 Å². The molecule has 0 radical (unpaired) electrons. The van der Waals surface area contributed by atoms with Gasteiger partial charge in [-0.3, -0.25) is 4.79 Å². The van der Waals surface area contributed by atoms with E-state index in [1.807, 2.05) is 6.07 Å². The number of anilines is 1. The van der Waals surface area contributed by atoms with E-state index in [0.717, 1.165) is 25.7 Å². The van der Waals surface area contributed by atoms with Crippen LogP contribution in [-0.4, -0.2) is 18.5 Å². The molecule has 0 saturated carbocycles. The quantitative estimate of drug-likeness (QED) is 0.761. The van der Waals surface area contributed by atoms with Crippen LogP contribution < -0.4 is 5.32 Å². The number of benzene rings is 1. The second-order valence-corrected chi connectivity index (χ2v) is 7.57. The molecular weight excluding hydrogens is 397 g/mol. The van der Waals surface area contributed by atoms with Gasteiger partial charge < -0.3 is 10.1 Å². The lowest BCUT2D eigenvalue weighted by Gasteiger charge is -2.08. The van der Waals surface area contributed by atoms with Gasteiger partial charge in [-0.1, -0.05) is 15.9 Å². The van der Waals surface area contributed by atoms with Gasteiger partial charge in [0.2, 0.25) is 0 Å². The highest BCUT2D eigenvalue weighted by Gasteiger charge is 2.19. The maximum atomic E-state index is 13.7. The van der Waals surface area contributed by atoms with Gasteiger partial charge in [0.1, 0.15) is 10.7 Å². The third kappa shape index (κ3) is 4.02. The van der Waals surface area contributed by atoms with E-state index < -0.39 is 24.3 Å². The summed E-state index contributed by atoms with van der Waals surface area (Å²) in [5.41, 5.74) is 1.26. The largest absolute Gasteiger partial charge is 0.451 e. The summed E-state index contributed by atoms with van der Waals surface area (Å²) in [6.45, 7) is -0.448. The van der Waals surface area contributed by atoms with E-state index in [2.05, 4.69) is 21.2 Å². The summed E-state index contributed by atoms with van der Waals surface area (Å²) >= 11 is 4.57. The number of fused-ring (bicyclic) bond motifs is 1. The summed E-state index contributed by atoms with van der Waals surface area (Å²) in [7, 11) is 0. The van der Waals surface area contributed by atoms with Gasteiger partial charge in [0.05, 0.1) is 5.69 Å². The number of halogens is 2. The smallest absolute Gasteiger partial charge is 0.348 e. The number of hydrogen-bond acceptors (Lipinski definition) is 4. The monoisotopic (exact) mass is 411 g/mol. The molecule has 0 saturated heterocycles. The molecule has 0 aliphatic heterocycles. The molecule has 0 unspecified atom stereocenters. The molecule has 126 valence electrons. The number of carbonyl (C=O) groups excluding carboxylic acids is 2. The highest BCUT2D eigenvalue weighted by molar-refractivity contribution is 9.10. The summed E-state index contributed by atoms with van der Waals surface area (Å²) in [4.78, 5) is 25.6. The predicted octanol–water partition coefficient (Wildman–Crippen LogP) is 4.32. The Morgan fingerprint density at radius 2 is 2.04 bits per heavy atom. The summed E-state index contributed by atoms with van der Waals surface area (Å²) in [5.74, 6) is -1.65. The highest BCUT2D eigenvalue weighted by Crippen LogP contribution is 2.30. The minimum absolute atomic E-state index is 0.0471. The van der Waals surface area contributed by atoms with Crippen molar-refractivity contribution >= 4 is 44.8 Å². The lowest BCUT2D eigenvalue weighted by Crippen LogP contribution is -2.21. The fourth-order valence-electron chi connectivity index (χ4n) is 2.57. The molecule has 0 atom stereocenters. The summed E-state index contributed by atoms with van der Waals surface area (Å²) in [6.07, 6.45) is 4.27. The number of thiophene rings is 1. The molecule has 1 N–H and O–H groups in total. The van der Waals surface area contributed by atoms with Gasteiger partial charge >= 0.3 is 5.97 Å². The van der Waals surface area contributed by atoms with Crippen molar-refractivity contribution in [2.75, 3.05) is 11.9 Å². The zero-order valence-electron chi connectivity index (χ0n) is 12.7. The molecule has 1 aromatic carbocycles. The van der Waals surface area contributed by atoms with Gasteiger partial charge in [-0.05, 0) is 55.5 Å². The first-order valence-corrected chi connectivity index (χ1v) is 9.17. The molecule has 1 aliphatic rings. The molecule has 1 aliphatic carbocycles. The van der Waals surface area contributed by atoms with Gasteiger partial charge in [-0.25, -0.2) is 9.18 Å². The average Bonchev–Trinajstić information content (AvgIpc) is 2.99. The van der Waals surface area contributed by atoms with Crippen molar-refractivity contribution < 1.29 is 18.7 Å². The molecule has 7 heteroatoms. The summed E-state index contributed by atoms with van der Waals surface area (Å²) in [5, 5.41) is 2.38. The SMILES string of the molecule is O=C(COC(=O)c1cc2c(s1)CCCC2)Nc1ccc(Br)cc1F. The fourth-order valence-corrected chi connectivity index (χ4v) is 4.05. The minimum Gasteiger partial charge on any atom is -0.451 e.